The van der Waals surface area contributed by atoms with Gasteiger partial charge in [0.15, 0.2) is 0 Å². The molecule has 19 heavy (non-hydrogen) atoms. The SMILES string of the molecule is NC(=O)c1ccc(N(CC(=O)O)CC(=O)O)cc1Br. The molecule has 1 amide bonds. The highest BCUT2D eigenvalue weighted by molar-refractivity contribution is 9.10. The Labute approximate surface area is 116 Å². The number of amides is 1. The molecule has 0 spiro atoms. The molecule has 1 rings (SSSR count). The first-order chi connectivity index (χ1) is 8.81. The van der Waals surface area contributed by atoms with Gasteiger partial charge >= 0.3 is 11.9 Å². The van der Waals surface area contributed by atoms with Crippen LogP contribution in [0.2, 0.25) is 0 Å². The van der Waals surface area contributed by atoms with Crippen molar-refractivity contribution in [1.29, 1.82) is 0 Å². The van der Waals surface area contributed by atoms with Crippen LogP contribution in [0.1, 0.15) is 10.4 Å². The van der Waals surface area contributed by atoms with E-state index < -0.39 is 30.9 Å². The molecule has 0 saturated carbocycles. The van der Waals surface area contributed by atoms with E-state index in [4.69, 9.17) is 15.9 Å². The monoisotopic (exact) mass is 330 g/mol. The average molecular weight is 331 g/mol. The molecular weight excluding hydrogens is 320 g/mol. The second-order valence-corrected chi connectivity index (χ2v) is 4.53. The van der Waals surface area contributed by atoms with Gasteiger partial charge in [-0.1, -0.05) is 0 Å². The standard InChI is InChI=1S/C11H11BrN2O5/c12-8-3-6(1-2-7(8)11(13)19)14(4-9(15)16)5-10(17)18/h1-3H,4-5H2,(H2,13,19)(H,15,16)(H,17,18). The van der Waals surface area contributed by atoms with Crippen molar-refractivity contribution in [3.05, 3.63) is 28.2 Å². The third-order valence-electron chi connectivity index (χ3n) is 2.24. The van der Waals surface area contributed by atoms with Crippen molar-refractivity contribution in [3.63, 3.8) is 0 Å². The molecular formula is C11H11BrN2O5. The van der Waals surface area contributed by atoms with E-state index in [9.17, 15) is 14.4 Å². The summed E-state index contributed by atoms with van der Waals surface area (Å²) in [6.07, 6.45) is 0. The molecule has 0 aliphatic rings. The third-order valence-corrected chi connectivity index (χ3v) is 2.89. The van der Waals surface area contributed by atoms with Gasteiger partial charge in [-0.3, -0.25) is 14.4 Å². The highest BCUT2D eigenvalue weighted by Crippen LogP contribution is 2.24. The molecule has 0 fully saturated rings. The van der Waals surface area contributed by atoms with Crippen LogP contribution >= 0.6 is 15.9 Å². The molecule has 0 radical (unpaired) electrons. The van der Waals surface area contributed by atoms with Crippen LogP contribution in [0.15, 0.2) is 22.7 Å². The molecule has 0 saturated heterocycles. The minimum atomic E-state index is -1.16. The number of carboxylic acid groups (broad SMARTS) is 2. The summed E-state index contributed by atoms with van der Waals surface area (Å²) in [5.74, 6) is -2.95. The Hall–Kier alpha value is -2.09. The van der Waals surface area contributed by atoms with Crippen molar-refractivity contribution in [3.8, 4) is 0 Å². The van der Waals surface area contributed by atoms with Crippen molar-refractivity contribution in [2.45, 2.75) is 0 Å². The van der Waals surface area contributed by atoms with Gasteiger partial charge in [-0.25, -0.2) is 0 Å². The number of halogens is 1. The topological polar surface area (TPSA) is 121 Å². The van der Waals surface area contributed by atoms with Gasteiger partial charge in [0.2, 0.25) is 5.91 Å². The zero-order chi connectivity index (χ0) is 14.6. The van der Waals surface area contributed by atoms with Gasteiger partial charge in [-0.2, -0.15) is 0 Å². The first kappa shape index (κ1) is 15.0. The molecule has 0 aromatic heterocycles. The summed E-state index contributed by atoms with van der Waals surface area (Å²) in [6.45, 7) is -0.927. The zero-order valence-electron chi connectivity index (χ0n) is 9.67. The number of anilines is 1. The fourth-order valence-corrected chi connectivity index (χ4v) is 2.03. The molecule has 0 heterocycles. The number of carboxylic acids is 2. The van der Waals surface area contributed by atoms with Gasteiger partial charge in [0.05, 0.1) is 5.56 Å². The van der Waals surface area contributed by atoms with Crippen LogP contribution in [0, 0.1) is 0 Å². The van der Waals surface area contributed by atoms with Crippen LogP contribution < -0.4 is 10.6 Å². The van der Waals surface area contributed by atoms with Crippen molar-refractivity contribution in [2.75, 3.05) is 18.0 Å². The molecule has 0 atom stereocenters. The first-order valence-electron chi connectivity index (χ1n) is 5.09. The van der Waals surface area contributed by atoms with Crippen LogP contribution in [0.3, 0.4) is 0 Å². The van der Waals surface area contributed by atoms with Crippen molar-refractivity contribution in [1.82, 2.24) is 0 Å². The van der Waals surface area contributed by atoms with Crippen LogP contribution in [0.5, 0.6) is 0 Å². The summed E-state index contributed by atoms with van der Waals surface area (Å²) in [7, 11) is 0. The second-order valence-electron chi connectivity index (χ2n) is 3.67. The van der Waals surface area contributed by atoms with E-state index >= 15 is 0 Å². The summed E-state index contributed by atoms with van der Waals surface area (Å²) >= 11 is 3.13. The number of nitrogens with zero attached hydrogens (tertiary/aromatic N) is 1. The highest BCUT2D eigenvalue weighted by Gasteiger charge is 2.16. The van der Waals surface area contributed by atoms with Crippen LogP contribution in [0.4, 0.5) is 5.69 Å². The van der Waals surface area contributed by atoms with E-state index in [1.54, 1.807) is 0 Å². The molecule has 0 bridgehead atoms. The maximum atomic E-state index is 11.0. The molecule has 7 nitrogen and oxygen atoms in total. The number of rotatable bonds is 6. The summed E-state index contributed by atoms with van der Waals surface area (Å²) in [4.78, 5) is 33.6. The number of aliphatic carboxylic acids is 2. The summed E-state index contributed by atoms with van der Waals surface area (Å²) < 4.78 is 0.373. The first-order valence-corrected chi connectivity index (χ1v) is 5.88. The molecule has 0 aliphatic carbocycles. The fourth-order valence-electron chi connectivity index (χ4n) is 1.47. The molecule has 0 unspecified atom stereocenters. The maximum Gasteiger partial charge on any atom is 0.323 e. The van der Waals surface area contributed by atoms with Crippen LogP contribution in [-0.2, 0) is 9.59 Å². The Kier molecular flexibility index (Phi) is 4.87. The van der Waals surface area contributed by atoms with Crippen molar-refractivity contribution in [2.24, 2.45) is 5.73 Å². The van der Waals surface area contributed by atoms with Gasteiger partial charge in [-0.15, -0.1) is 0 Å². The minimum absolute atomic E-state index is 0.231. The lowest BCUT2D eigenvalue weighted by Crippen LogP contribution is -2.34. The predicted molar refractivity (Wildman–Crippen MR) is 70.1 cm³/mol. The van der Waals surface area contributed by atoms with Crippen molar-refractivity contribution < 1.29 is 24.6 Å². The largest absolute Gasteiger partial charge is 0.480 e. The lowest BCUT2D eigenvalue weighted by Gasteiger charge is -2.21. The van der Waals surface area contributed by atoms with Gasteiger partial charge in [-0.05, 0) is 34.1 Å². The number of hydrogen-bond acceptors (Lipinski definition) is 4. The summed E-state index contributed by atoms with van der Waals surface area (Å²) in [5, 5.41) is 17.5. The highest BCUT2D eigenvalue weighted by atomic mass is 79.9. The normalized spacial score (nSPS) is 9.95. The minimum Gasteiger partial charge on any atom is -0.480 e. The Balaban J connectivity index is 3.08. The number of carbonyl (C=O) groups excluding carboxylic acids is 1. The smallest absolute Gasteiger partial charge is 0.323 e. The molecule has 1 aromatic rings. The maximum absolute atomic E-state index is 11.0. The fraction of sp³-hybridized carbons (Fsp3) is 0.182. The van der Waals surface area contributed by atoms with E-state index in [1.807, 2.05) is 0 Å². The number of nitrogens with two attached hydrogens (primary N) is 1. The van der Waals surface area contributed by atoms with E-state index in [2.05, 4.69) is 15.9 Å². The van der Waals surface area contributed by atoms with E-state index in [0.717, 1.165) is 4.90 Å². The number of primary amides is 1. The van der Waals surface area contributed by atoms with Crippen LogP contribution in [0.25, 0.3) is 0 Å². The third kappa shape index (κ3) is 4.25. The zero-order valence-corrected chi connectivity index (χ0v) is 11.3. The molecule has 4 N–H and O–H groups in total. The number of benzene rings is 1. The Morgan fingerprint density at radius 3 is 2.05 bits per heavy atom. The van der Waals surface area contributed by atoms with Crippen LogP contribution in [-0.4, -0.2) is 41.1 Å². The molecule has 1 aromatic carbocycles. The summed E-state index contributed by atoms with van der Waals surface area (Å²) in [5.41, 5.74) is 5.73. The van der Waals surface area contributed by atoms with E-state index in [-0.39, 0.29) is 5.56 Å². The van der Waals surface area contributed by atoms with Gasteiger partial charge in [0.1, 0.15) is 13.1 Å². The Bertz CT molecular complexity index is 516. The van der Waals surface area contributed by atoms with Crippen molar-refractivity contribution >= 4 is 39.5 Å². The quantitative estimate of drug-likeness (QED) is 0.699. The molecule has 0 aliphatic heterocycles. The lowest BCUT2D eigenvalue weighted by atomic mass is 10.2. The van der Waals surface area contributed by atoms with Gasteiger partial charge < -0.3 is 20.8 Å². The number of carbonyl (C=O) groups is 3. The van der Waals surface area contributed by atoms with E-state index in [1.165, 1.54) is 18.2 Å². The lowest BCUT2D eigenvalue weighted by molar-refractivity contribution is -0.136. The summed E-state index contributed by atoms with van der Waals surface area (Å²) in [6, 6.07) is 4.29. The Morgan fingerprint density at radius 1 is 1.16 bits per heavy atom. The predicted octanol–water partition coefficient (Wildman–Crippen LogP) is 0.524. The van der Waals surface area contributed by atoms with Gasteiger partial charge in [0.25, 0.3) is 0 Å². The van der Waals surface area contributed by atoms with Gasteiger partial charge in [0, 0.05) is 10.2 Å². The molecule has 102 valence electrons. The average Bonchev–Trinajstić information content (AvgIpc) is 2.26. The van der Waals surface area contributed by atoms with E-state index in [0.29, 0.717) is 10.2 Å². The number of hydrogen-bond donors (Lipinski definition) is 3. The second kappa shape index (κ2) is 6.19. The molecule has 8 heteroatoms. The Morgan fingerprint density at radius 2 is 1.68 bits per heavy atom.